The zero-order valence-electron chi connectivity index (χ0n) is 12.4. The minimum absolute atomic E-state index is 0.277. The van der Waals surface area contributed by atoms with E-state index in [1.54, 1.807) is 15.6 Å². The van der Waals surface area contributed by atoms with Crippen LogP contribution in [0.1, 0.15) is 30.3 Å². The summed E-state index contributed by atoms with van der Waals surface area (Å²) >= 11 is 1.69. The number of sulfonamides is 1. The Balaban J connectivity index is 1.95. The Kier molecular flexibility index (Phi) is 5.04. The van der Waals surface area contributed by atoms with Crippen molar-refractivity contribution in [1.82, 2.24) is 9.29 Å². The number of rotatable bonds is 5. The van der Waals surface area contributed by atoms with Crippen molar-refractivity contribution in [1.29, 1.82) is 0 Å². The lowest BCUT2D eigenvalue weighted by atomic mass is 10.4. The molecule has 0 unspecified atom stereocenters. The summed E-state index contributed by atoms with van der Waals surface area (Å²) in [5.74, 6) is 0.277. The number of nitrogens with zero attached hydrogens (tertiary/aromatic N) is 3. The Morgan fingerprint density at radius 2 is 1.85 bits per heavy atom. The van der Waals surface area contributed by atoms with Gasteiger partial charge in [0.2, 0.25) is 10.0 Å². The quantitative estimate of drug-likeness (QED) is 0.833. The molecule has 1 fully saturated rings. The van der Waals surface area contributed by atoms with E-state index in [-0.39, 0.29) is 5.75 Å². The molecule has 0 amide bonds. The summed E-state index contributed by atoms with van der Waals surface area (Å²) in [6, 6.07) is 0. The third-order valence-electron chi connectivity index (χ3n) is 3.68. The van der Waals surface area contributed by atoms with Crippen molar-refractivity contribution in [2.45, 2.75) is 33.6 Å². The van der Waals surface area contributed by atoms with Crippen molar-refractivity contribution in [2.75, 3.05) is 36.8 Å². The molecule has 0 spiro atoms. The van der Waals surface area contributed by atoms with Gasteiger partial charge in [0.15, 0.2) is 5.13 Å². The van der Waals surface area contributed by atoms with Crippen LogP contribution in [0.15, 0.2) is 0 Å². The summed E-state index contributed by atoms with van der Waals surface area (Å²) in [6.07, 6.45) is 1.66. The smallest absolute Gasteiger partial charge is 0.214 e. The fourth-order valence-corrected chi connectivity index (χ4v) is 4.80. The molecule has 0 saturated carbocycles. The van der Waals surface area contributed by atoms with Crippen molar-refractivity contribution < 1.29 is 8.42 Å². The van der Waals surface area contributed by atoms with Crippen LogP contribution in [0, 0.1) is 13.8 Å². The fraction of sp³-hybridized carbons (Fsp3) is 0.769. The minimum atomic E-state index is -3.06. The summed E-state index contributed by atoms with van der Waals surface area (Å²) in [7, 11) is -3.06. The molecular weight excluding hydrogens is 294 g/mol. The van der Waals surface area contributed by atoms with E-state index in [9.17, 15) is 8.42 Å². The lowest BCUT2D eigenvalue weighted by Gasteiger charge is -2.33. The van der Waals surface area contributed by atoms with Crippen molar-refractivity contribution in [3.8, 4) is 0 Å². The number of anilines is 1. The van der Waals surface area contributed by atoms with Crippen molar-refractivity contribution in [3.63, 3.8) is 0 Å². The average molecular weight is 317 g/mol. The number of hydrogen-bond acceptors (Lipinski definition) is 5. The van der Waals surface area contributed by atoms with E-state index in [0.717, 1.165) is 36.8 Å². The van der Waals surface area contributed by atoms with E-state index >= 15 is 0 Å². The molecule has 1 saturated heterocycles. The highest BCUT2D eigenvalue weighted by Gasteiger charge is 2.27. The van der Waals surface area contributed by atoms with E-state index < -0.39 is 10.0 Å². The molecule has 1 aromatic rings. The first-order valence-electron chi connectivity index (χ1n) is 7.11. The summed E-state index contributed by atoms with van der Waals surface area (Å²) in [5.41, 5.74) is 1.07. The van der Waals surface area contributed by atoms with Gasteiger partial charge in [0.1, 0.15) is 0 Å². The zero-order chi connectivity index (χ0) is 14.8. The summed E-state index contributed by atoms with van der Waals surface area (Å²) in [4.78, 5) is 7.97. The Bertz CT molecular complexity index is 526. The molecule has 0 bridgehead atoms. The van der Waals surface area contributed by atoms with Crippen LogP contribution in [-0.2, 0) is 10.0 Å². The highest BCUT2D eigenvalue weighted by atomic mass is 32.2. The predicted octanol–water partition coefficient (Wildman–Crippen LogP) is 2.01. The highest BCUT2D eigenvalue weighted by molar-refractivity contribution is 7.89. The predicted molar refractivity (Wildman–Crippen MR) is 84.1 cm³/mol. The van der Waals surface area contributed by atoms with Gasteiger partial charge in [-0.15, -0.1) is 11.3 Å². The molecule has 2 rings (SSSR count). The van der Waals surface area contributed by atoms with Crippen LogP contribution < -0.4 is 4.90 Å². The monoisotopic (exact) mass is 317 g/mol. The molecule has 0 N–H and O–H groups in total. The number of hydrogen-bond donors (Lipinski definition) is 0. The van der Waals surface area contributed by atoms with Gasteiger partial charge in [0.05, 0.1) is 11.4 Å². The molecule has 5 nitrogen and oxygen atoms in total. The minimum Gasteiger partial charge on any atom is -0.345 e. The van der Waals surface area contributed by atoms with Gasteiger partial charge in [-0.1, -0.05) is 13.3 Å². The standard InChI is InChI=1S/C13H23N3O2S2/c1-4-5-10-20(17,18)16-8-6-15(7-9-16)13-14-11(2)12(3)19-13/h4-10H2,1-3H3. The number of unbranched alkanes of at least 4 members (excludes halogenated alkanes) is 1. The second-order valence-corrected chi connectivity index (χ2v) is 8.46. The van der Waals surface area contributed by atoms with Crippen LogP contribution in [0.5, 0.6) is 0 Å². The zero-order valence-corrected chi connectivity index (χ0v) is 14.1. The Hall–Kier alpha value is -0.660. The molecular formula is C13H23N3O2S2. The number of thiazole rings is 1. The second-order valence-electron chi connectivity index (χ2n) is 5.19. The Morgan fingerprint density at radius 3 is 2.35 bits per heavy atom. The maximum atomic E-state index is 12.1. The Morgan fingerprint density at radius 1 is 1.20 bits per heavy atom. The van der Waals surface area contributed by atoms with Crippen molar-refractivity contribution >= 4 is 26.5 Å². The van der Waals surface area contributed by atoms with E-state index in [1.165, 1.54) is 4.88 Å². The lowest BCUT2D eigenvalue weighted by Crippen LogP contribution is -2.49. The largest absolute Gasteiger partial charge is 0.345 e. The van der Waals surface area contributed by atoms with E-state index in [1.807, 2.05) is 13.8 Å². The van der Waals surface area contributed by atoms with Crippen LogP contribution in [0.3, 0.4) is 0 Å². The van der Waals surface area contributed by atoms with E-state index in [4.69, 9.17) is 0 Å². The lowest BCUT2D eigenvalue weighted by molar-refractivity contribution is 0.384. The van der Waals surface area contributed by atoms with Gasteiger partial charge in [-0.2, -0.15) is 4.31 Å². The molecule has 0 aliphatic carbocycles. The van der Waals surface area contributed by atoms with Gasteiger partial charge < -0.3 is 4.90 Å². The highest BCUT2D eigenvalue weighted by Crippen LogP contribution is 2.26. The molecule has 0 aromatic carbocycles. The normalized spacial score (nSPS) is 17.6. The molecule has 1 aromatic heterocycles. The number of piperazine rings is 1. The van der Waals surface area contributed by atoms with E-state index in [2.05, 4.69) is 16.8 Å². The molecule has 0 atom stereocenters. The van der Waals surface area contributed by atoms with Crippen LogP contribution in [0.25, 0.3) is 0 Å². The van der Waals surface area contributed by atoms with Crippen LogP contribution in [0.4, 0.5) is 5.13 Å². The van der Waals surface area contributed by atoms with Crippen LogP contribution in [0.2, 0.25) is 0 Å². The summed E-state index contributed by atoms with van der Waals surface area (Å²) in [5, 5.41) is 1.02. The van der Waals surface area contributed by atoms with Gasteiger partial charge in [-0.05, 0) is 20.3 Å². The molecule has 20 heavy (non-hydrogen) atoms. The molecule has 1 aliphatic rings. The number of aromatic nitrogens is 1. The van der Waals surface area contributed by atoms with Gasteiger partial charge >= 0.3 is 0 Å². The third-order valence-corrected chi connectivity index (χ3v) is 6.77. The first-order valence-corrected chi connectivity index (χ1v) is 9.53. The number of aryl methyl sites for hydroxylation is 2. The molecule has 1 aliphatic heterocycles. The van der Waals surface area contributed by atoms with Gasteiger partial charge in [0.25, 0.3) is 0 Å². The molecule has 0 radical (unpaired) electrons. The maximum Gasteiger partial charge on any atom is 0.214 e. The van der Waals surface area contributed by atoms with Crippen molar-refractivity contribution in [3.05, 3.63) is 10.6 Å². The van der Waals surface area contributed by atoms with Gasteiger partial charge in [-0.25, -0.2) is 13.4 Å². The van der Waals surface area contributed by atoms with Crippen LogP contribution >= 0.6 is 11.3 Å². The van der Waals surface area contributed by atoms with Crippen LogP contribution in [-0.4, -0.2) is 49.6 Å². The Labute approximate surface area is 125 Å². The molecule has 114 valence electrons. The molecule has 7 heteroatoms. The maximum absolute atomic E-state index is 12.1. The third kappa shape index (κ3) is 3.51. The summed E-state index contributed by atoms with van der Waals surface area (Å²) < 4.78 is 25.9. The van der Waals surface area contributed by atoms with Gasteiger partial charge in [0, 0.05) is 31.1 Å². The summed E-state index contributed by atoms with van der Waals surface area (Å²) in [6.45, 7) is 8.71. The SMILES string of the molecule is CCCCS(=O)(=O)N1CCN(c2nc(C)c(C)s2)CC1. The van der Waals surface area contributed by atoms with E-state index in [0.29, 0.717) is 13.1 Å². The molecule has 2 heterocycles. The van der Waals surface area contributed by atoms with Crippen molar-refractivity contribution in [2.24, 2.45) is 0 Å². The van der Waals surface area contributed by atoms with Gasteiger partial charge in [-0.3, -0.25) is 0 Å². The average Bonchev–Trinajstić information content (AvgIpc) is 2.77. The topological polar surface area (TPSA) is 53.5 Å². The second kappa shape index (κ2) is 6.41. The fourth-order valence-electron chi connectivity index (χ4n) is 2.20. The first kappa shape index (κ1) is 15.7. The first-order chi connectivity index (χ1) is 9.44.